The van der Waals surface area contributed by atoms with E-state index in [0.717, 1.165) is 44.5 Å². The third kappa shape index (κ3) is 3.13. The van der Waals surface area contributed by atoms with Crippen molar-refractivity contribution in [2.75, 3.05) is 0 Å². The number of furan rings is 1. The number of fused-ring (bicyclic) bond motifs is 2. The van der Waals surface area contributed by atoms with Crippen LogP contribution in [0.1, 0.15) is 50.3 Å². The number of nitrogens with one attached hydrogen (secondary N) is 1. The van der Waals surface area contributed by atoms with E-state index in [1.165, 1.54) is 0 Å². The summed E-state index contributed by atoms with van der Waals surface area (Å²) in [5.41, 5.74) is 4.80. The predicted octanol–water partition coefficient (Wildman–Crippen LogP) is 7.54. The standard InChI is InChI=1S/C18H15NO.2C2H6/c1-5-11-13-9-14-12(6-2)17(8-4)20-18(14)10-16(13)19-15(11)7-3;2*1-2/h5-10,19H,1-4H2;2*1-2H3. The van der Waals surface area contributed by atoms with Crippen molar-refractivity contribution in [2.24, 2.45) is 0 Å². The molecule has 0 aliphatic rings. The first-order valence-corrected chi connectivity index (χ1v) is 8.35. The van der Waals surface area contributed by atoms with Gasteiger partial charge in [-0.1, -0.05) is 66.2 Å². The molecule has 3 aromatic rings. The Balaban J connectivity index is 0.000000671. The van der Waals surface area contributed by atoms with E-state index >= 15 is 0 Å². The summed E-state index contributed by atoms with van der Waals surface area (Å²) in [4.78, 5) is 3.32. The lowest BCUT2D eigenvalue weighted by Crippen LogP contribution is -1.74. The van der Waals surface area contributed by atoms with Crippen LogP contribution in [0.25, 0.3) is 46.2 Å². The first-order chi connectivity index (χ1) is 11.7. The maximum absolute atomic E-state index is 5.80. The lowest BCUT2D eigenvalue weighted by atomic mass is 10.1. The molecule has 0 unspecified atom stereocenters. The van der Waals surface area contributed by atoms with Crippen molar-refractivity contribution < 1.29 is 4.42 Å². The summed E-state index contributed by atoms with van der Waals surface area (Å²) in [5.74, 6) is 0.742. The van der Waals surface area contributed by atoms with E-state index in [4.69, 9.17) is 4.42 Å². The summed E-state index contributed by atoms with van der Waals surface area (Å²) < 4.78 is 5.80. The van der Waals surface area contributed by atoms with Crippen molar-refractivity contribution in [2.45, 2.75) is 27.7 Å². The topological polar surface area (TPSA) is 28.9 Å². The van der Waals surface area contributed by atoms with Crippen LogP contribution in [0.15, 0.2) is 42.9 Å². The molecule has 0 fully saturated rings. The Morgan fingerprint density at radius 2 is 1.42 bits per heavy atom. The SMILES string of the molecule is C=Cc1[nH]c2cc3oc(C=C)c(C=C)c3cc2c1C=C.CC.CC. The van der Waals surface area contributed by atoms with Crippen LogP contribution in [0.5, 0.6) is 0 Å². The van der Waals surface area contributed by atoms with Crippen molar-refractivity contribution >= 4 is 46.2 Å². The molecule has 0 amide bonds. The van der Waals surface area contributed by atoms with E-state index in [-0.39, 0.29) is 0 Å². The van der Waals surface area contributed by atoms with Gasteiger partial charge in [0, 0.05) is 33.7 Å². The second kappa shape index (κ2) is 8.78. The van der Waals surface area contributed by atoms with Crippen LogP contribution in [-0.2, 0) is 0 Å². The summed E-state index contributed by atoms with van der Waals surface area (Å²) >= 11 is 0. The predicted molar refractivity (Wildman–Crippen MR) is 111 cm³/mol. The first kappa shape index (κ1) is 19.3. The van der Waals surface area contributed by atoms with Crippen LogP contribution < -0.4 is 0 Å². The fourth-order valence-electron chi connectivity index (χ4n) is 2.61. The Bertz CT molecular complexity index is 805. The number of benzene rings is 1. The van der Waals surface area contributed by atoms with Gasteiger partial charge in [0.1, 0.15) is 11.3 Å². The monoisotopic (exact) mass is 321 g/mol. The highest BCUT2D eigenvalue weighted by Crippen LogP contribution is 2.34. The van der Waals surface area contributed by atoms with E-state index < -0.39 is 0 Å². The van der Waals surface area contributed by atoms with Gasteiger partial charge in [-0.3, -0.25) is 0 Å². The molecular weight excluding hydrogens is 294 g/mol. The molecule has 0 radical (unpaired) electrons. The molecule has 0 aliphatic heterocycles. The highest BCUT2D eigenvalue weighted by Gasteiger charge is 2.14. The van der Waals surface area contributed by atoms with Gasteiger partial charge in [-0.2, -0.15) is 0 Å². The highest BCUT2D eigenvalue weighted by molar-refractivity contribution is 6.04. The smallest absolute Gasteiger partial charge is 0.137 e. The third-order valence-electron chi connectivity index (χ3n) is 3.54. The van der Waals surface area contributed by atoms with Crippen molar-refractivity contribution in [3.63, 3.8) is 0 Å². The van der Waals surface area contributed by atoms with Gasteiger partial charge in [-0.05, 0) is 18.2 Å². The molecule has 3 rings (SSSR count). The van der Waals surface area contributed by atoms with Crippen molar-refractivity contribution in [1.82, 2.24) is 4.98 Å². The lowest BCUT2D eigenvalue weighted by molar-refractivity contribution is 0.604. The van der Waals surface area contributed by atoms with Gasteiger partial charge < -0.3 is 9.40 Å². The van der Waals surface area contributed by atoms with E-state index in [2.05, 4.69) is 37.4 Å². The van der Waals surface area contributed by atoms with Crippen LogP contribution in [0.4, 0.5) is 0 Å². The number of rotatable bonds is 4. The molecule has 126 valence electrons. The molecule has 2 heteroatoms. The summed E-state index contributed by atoms with van der Waals surface area (Å²) in [6.45, 7) is 23.3. The normalized spacial score (nSPS) is 9.50. The van der Waals surface area contributed by atoms with Crippen LogP contribution in [0.2, 0.25) is 0 Å². The molecule has 2 nitrogen and oxygen atoms in total. The zero-order chi connectivity index (χ0) is 18.3. The molecule has 0 aliphatic carbocycles. The van der Waals surface area contributed by atoms with Gasteiger partial charge in [0.05, 0.1) is 5.52 Å². The van der Waals surface area contributed by atoms with E-state index in [1.54, 1.807) is 18.2 Å². The molecular formula is C22H27NO. The number of aromatic amines is 1. The zero-order valence-corrected chi connectivity index (χ0v) is 15.2. The minimum absolute atomic E-state index is 0.742. The fraction of sp³-hybridized carbons (Fsp3) is 0.182. The number of hydrogen-bond acceptors (Lipinski definition) is 1. The molecule has 0 saturated heterocycles. The molecule has 24 heavy (non-hydrogen) atoms. The summed E-state index contributed by atoms with van der Waals surface area (Å²) in [6, 6.07) is 4.09. The number of hydrogen-bond donors (Lipinski definition) is 1. The average molecular weight is 321 g/mol. The number of aromatic nitrogens is 1. The first-order valence-electron chi connectivity index (χ1n) is 8.35. The molecule has 0 spiro atoms. The van der Waals surface area contributed by atoms with Gasteiger partial charge in [-0.25, -0.2) is 0 Å². The molecule has 2 heterocycles. The zero-order valence-electron chi connectivity index (χ0n) is 15.2. The van der Waals surface area contributed by atoms with Gasteiger partial charge in [0.2, 0.25) is 0 Å². The van der Waals surface area contributed by atoms with Gasteiger partial charge >= 0.3 is 0 Å². The van der Waals surface area contributed by atoms with Crippen molar-refractivity contribution in [3.8, 4) is 0 Å². The molecule has 0 atom stereocenters. The lowest BCUT2D eigenvalue weighted by Gasteiger charge is -1.94. The maximum atomic E-state index is 5.80. The Labute approximate surface area is 144 Å². The quantitative estimate of drug-likeness (QED) is 0.528. The Hall–Kier alpha value is -2.74. The van der Waals surface area contributed by atoms with Crippen LogP contribution in [-0.4, -0.2) is 4.98 Å². The minimum atomic E-state index is 0.742. The van der Waals surface area contributed by atoms with E-state index in [0.29, 0.717) is 0 Å². The second-order valence-electron chi connectivity index (χ2n) is 4.54. The summed E-state index contributed by atoms with van der Waals surface area (Å²) in [6.07, 6.45) is 7.13. The van der Waals surface area contributed by atoms with Crippen LogP contribution >= 0.6 is 0 Å². The van der Waals surface area contributed by atoms with Crippen molar-refractivity contribution in [1.29, 1.82) is 0 Å². The van der Waals surface area contributed by atoms with Crippen LogP contribution in [0.3, 0.4) is 0 Å². The number of H-pyrrole nitrogens is 1. The van der Waals surface area contributed by atoms with Crippen molar-refractivity contribution in [3.05, 3.63) is 61.0 Å². The maximum Gasteiger partial charge on any atom is 0.137 e. The highest BCUT2D eigenvalue weighted by atomic mass is 16.3. The largest absolute Gasteiger partial charge is 0.456 e. The molecule has 0 bridgehead atoms. The molecule has 2 aromatic heterocycles. The van der Waals surface area contributed by atoms with Gasteiger partial charge in [0.25, 0.3) is 0 Å². The van der Waals surface area contributed by atoms with E-state index in [9.17, 15) is 0 Å². The Morgan fingerprint density at radius 3 is 1.92 bits per heavy atom. The molecule has 1 N–H and O–H groups in total. The molecule has 0 saturated carbocycles. The molecule has 1 aromatic carbocycles. The fourth-order valence-corrected chi connectivity index (χ4v) is 2.61. The van der Waals surface area contributed by atoms with Gasteiger partial charge in [-0.15, -0.1) is 0 Å². The minimum Gasteiger partial charge on any atom is -0.456 e. The summed E-state index contributed by atoms with van der Waals surface area (Å²) in [7, 11) is 0. The third-order valence-corrected chi connectivity index (χ3v) is 3.54. The Morgan fingerprint density at radius 1 is 0.792 bits per heavy atom. The second-order valence-corrected chi connectivity index (χ2v) is 4.54. The Kier molecular flexibility index (Phi) is 7.06. The van der Waals surface area contributed by atoms with E-state index in [1.807, 2.05) is 39.8 Å². The van der Waals surface area contributed by atoms with Gasteiger partial charge in [0.15, 0.2) is 0 Å². The van der Waals surface area contributed by atoms with Crippen LogP contribution in [0, 0.1) is 0 Å². The average Bonchev–Trinajstić information content (AvgIpc) is 3.18. The summed E-state index contributed by atoms with van der Waals surface area (Å²) in [5, 5.41) is 2.13.